The average molecular weight is 338 g/mol. The highest BCUT2D eigenvalue weighted by Gasteiger charge is 2.10. The maximum Gasteiger partial charge on any atom is 0.248 e. The highest BCUT2D eigenvalue weighted by Crippen LogP contribution is 2.21. The molecule has 25 heavy (non-hydrogen) atoms. The summed E-state index contributed by atoms with van der Waals surface area (Å²) in [5, 5.41) is 0. The Hall–Kier alpha value is -3.08. The number of nitrogens with two attached hydrogens (primary N) is 1. The predicted molar refractivity (Wildman–Crippen MR) is 98.2 cm³/mol. The molecule has 0 aromatic heterocycles. The van der Waals surface area contributed by atoms with Gasteiger partial charge in [-0.05, 0) is 36.8 Å². The van der Waals surface area contributed by atoms with Gasteiger partial charge in [0.1, 0.15) is 5.75 Å². The second kappa shape index (κ2) is 8.15. The molecule has 0 saturated heterocycles. The second-order valence-electron chi connectivity index (χ2n) is 5.83. The van der Waals surface area contributed by atoms with Gasteiger partial charge in [0.05, 0.1) is 7.11 Å². The van der Waals surface area contributed by atoms with Crippen LogP contribution in [0.25, 0.3) is 6.08 Å². The normalized spacial score (nSPS) is 10.7. The van der Waals surface area contributed by atoms with Crippen molar-refractivity contribution in [3.63, 3.8) is 0 Å². The SMILES string of the molecule is COc1ccc(C)cc1CN(C)C(=O)C=Cc1ccc(C(N)=O)cc1. The van der Waals surface area contributed by atoms with Crippen molar-refractivity contribution in [1.82, 2.24) is 4.90 Å². The summed E-state index contributed by atoms with van der Waals surface area (Å²) in [6.45, 7) is 2.45. The van der Waals surface area contributed by atoms with Crippen LogP contribution in [0, 0.1) is 6.92 Å². The van der Waals surface area contributed by atoms with E-state index in [1.165, 1.54) is 6.08 Å². The van der Waals surface area contributed by atoms with E-state index >= 15 is 0 Å². The predicted octanol–water partition coefficient (Wildman–Crippen LogP) is 2.77. The fourth-order valence-electron chi connectivity index (χ4n) is 2.42. The van der Waals surface area contributed by atoms with Crippen LogP contribution in [0.3, 0.4) is 0 Å². The Kier molecular flexibility index (Phi) is 5.95. The molecule has 2 aromatic carbocycles. The fourth-order valence-corrected chi connectivity index (χ4v) is 2.42. The van der Waals surface area contributed by atoms with E-state index < -0.39 is 5.91 Å². The highest BCUT2D eigenvalue weighted by molar-refractivity contribution is 5.94. The van der Waals surface area contributed by atoms with Gasteiger partial charge in [0, 0.05) is 30.8 Å². The van der Waals surface area contributed by atoms with Crippen molar-refractivity contribution in [2.24, 2.45) is 5.73 Å². The van der Waals surface area contributed by atoms with Crippen LogP contribution in [0.1, 0.15) is 27.0 Å². The fraction of sp³-hybridized carbons (Fsp3) is 0.200. The standard InChI is InChI=1S/C20H22N2O3/c1-14-4-10-18(25-3)17(12-14)13-22(2)19(23)11-7-15-5-8-16(9-6-15)20(21)24/h4-12H,13H2,1-3H3,(H2,21,24). The molecule has 0 fully saturated rings. The molecular weight excluding hydrogens is 316 g/mol. The molecule has 2 rings (SSSR count). The van der Waals surface area contributed by atoms with Gasteiger partial charge in [0.15, 0.2) is 0 Å². The number of hydrogen-bond acceptors (Lipinski definition) is 3. The molecule has 0 spiro atoms. The largest absolute Gasteiger partial charge is 0.496 e. The quantitative estimate of drug-likeness (QED) is 0.823. The number of carbonyl (C=O) groups is 2. The number of likely N-dealkylation sites (N-methyl/N-ethyl adjacent to an activating group) is 1. The maximum absolute atomic E-state index is 12.3. The number of primary amides is 1. The third kappa shape index (κ3) is 4.94. The lowest BCUT2D eigenvalue weighted by molar-refractivity contribution is -0.125. The maximum atomic E-state index is 12.3. The first-order chi connectivity index (χ1) is 11.9. The Balaban J connectivity index is 2.05. The Morgan fingerprint density at radius 2 is 1.84 bits per heavy atom. The molecule has 0 atom stereocenters. The van der Waals surface area contributed by atoms with Gasteiger partial charge < -0.3 is 15.4 Å². The second-order valence-corrected chi connectivity index (χ2v) is 5.83. The summed E-state index contributed by atoms with van der Waals surface area (Å²) in [4.78, 5) is 25.0. The van der Waals surface area contributed by atoms with E-state index in [0.29, 0.717) is 12.1 Å². The Morgan fingerprint density at radius 3 is 2.44 bits per heavy atom. The van der Waals surface area contributed by atoms with Gasteiger partial charge in [-0.25, -0.2) is 0 Å². The van der Waals surface area contributed by atoms with E-state index in [1.807, 2.05) is 25.1 Å². The molecule has 5 nitrogen and oxygen atoms in total. The number of aryl methyl sites for hydroxylation is 1. The van der Waals surface area contributed by atoms with E-state index in [0.717, 1.165) is 22.4 Å². The summed E-state index contributed by atoms with van der Waals surface area (Å²) < 4.78 is 5.35. The summed E-state index contributed by atoms with van der Waals surface area (Å²) in [5.41, 5.74) is 8.53. The van der Waals surface area contributed by atoms with Gasteiger partial charge in [0.25, 0.3) is 0 Å². The molecule has 0 aliphatic carbocycles. The summed E-state index contributed by atoms with van der Waals surface area (Å²) in [7, 11) is 3.36. The van der Waals surface area contributed by atoms with Crippen LogP contribution in [-0.4, -0.2) is 30.9 Å². The first-order valence-corrected chi connectivity index (χ1v) is 7.87. The van der Waals surface area contributed by atoms with E-state index in [-0.39, 0.29) is 5.91 Å². The van der Waals surface area contributed by atoms with Crippen molar-refractivity contribution < 1.29 is 14.3 Å². The van der Waals surface area contributed by atoms with Gasteiger partial charge in [-0.15, -0.1) is 0 Å². The van der Waals surface area contributed by atoms with Crippen LogP contribution >= 0.6 is 0 Å². The average Bonchev–Trinajstić information content (AvgIpc) is 2.60. The topological polar surface area (TPSA) is 72.6 Å². The van der Waals surface area contributed by atoms with E-state index in [2.05, 4.69) is 0 Å². The first-order valence-electron chi connectivity index (χ1n) is 7.87. The molecule has 0 radical (unpaired) electrons. The van der Waals surface area contributed by atoms with Gasteiger partial charge in [-0.3, -0.25) is 9.59 Å². The van der Waals surface area contributed by atoms with E-state index in [9.17, 15) is 9.59 Å². The van der Waals surface area contributed by atoms with Gasteiger partial charge in [-0.2, -0.15) is 0 Å². The molecule has 0 unspecified atom stereocenters. The number of amides is 2. The summed E-state index contributed by atoms with van der Waals surface area (Å²) >= 11 is 0. The first kappa shape index (κ1) is 18.3. The van der Waals surface area contributed by atoms with E-state index in [4.69, 9.17) is 10.5 Å². The van der Waals surface area contributed by atoms with Crippen molar-refractivity contribution >= 4 is 17.9 Å². The lowest BCUT2D eigenvalue weighted by Crippen LogP contribution is -2.24. The number of nitrogens with zero attached hydrogens (tertiary/aromatic N) is 1. The van der Waals surface area contributed by atoms with Crippen LogP contribution in [0.5, 0.6) is 5.75 Å². The number of methoxy groups -OCH3 is 1. The zero-order valence-corrected chi connectivity index (χ0v) is 14.7. The van der Waals surface area contributed by atoms with Gasteiger partial charge in [-0.1, -0.05) is 29.8 Å². The number of carbonyl (C=O) groups excluding carboxylic acids is 2. The third-order valence-electron chi connectivity index (χ3n) is 3.83. The van der Waals surface area contributed by atoms with Crippen molar-refractivity contribution in [1.29, 1.82) is 0 Å². The molecule has 2 N–H and O–H groups in total. The van der Waals surface area contributed by atoms with Gasteiger partial charge >= 0.3 is 0 Å². The van der Waals surface area contributed by atoms with Crippen molar-refractivity contribution in [2.45, 2.75) is 13.5 Å². The Morgan fingerprint density at radius 1 is 1.16 bits per heavy atom. The zero-order chi connectivity index (χ0) is 18.4. The third-order valence-corrected chi connectivity index (χ3v) is 3.83. The van der Waals surface area contributed by atoms with Crippen LogP contribution in [-0.2, 0) is 11.3 Å². The molecule has 2 amide bonds. The van der Waals surface area contributed by atoms with Gasteiger partial charge in [0.2, 0.25) is 11.8 Å². The van der Waals surface area contributed by atoms with Crippen molar-refractivity contribution in [3.8, 4) is 5.75 Å². The minimum Gasteiger partial charge on any atom is -0.496 e. The van der Waals surface area contributed by atoms with Crippen LogP contribution < -0.4 is 10.5 Å². The van der Waals surface area contributed by atoms with Crippen molar-refractivity contribution in [2.75, 3.05) is 14.2 Å². The molecule has 0 saturated carbocycles. The monoisotopic (exact) mass is 338 g/mol. The molecule has 0 bridgehead atoms. The lowest BCUT2D eigenvalue weighted by atomic mass is 10.1. The molecular formula is C20H22N2O3. The van der Waals surface area contributed by atoms with Crippen molar-refractivity contribution in [3.05, 3.63) is 70.8 Å². The number of ether oxygens (including phenoxy) is 1. The minimum atomic E-state index is -0.474. The Bertz CT molecular complexity index is 795. The van der Waals surface area contributed by atoms with Crippen LogP contribution in [0.4, 0.5) is 0 Å². The van der Waals surface area contributed by atoms with Crippen LogP contribution in [0.2, 0.25) is 0 Å². The molecule has 5 heteroatoms. The molecule has 0 aliphatic heterocycles. The summed E-state index contributed by atoms with van der Waals surface area (Å²) in [5.74, 6) is 0.164. The zero-order valence-electron chi connectivity index (χ0n) is 14.7. The number of benzene rings is 2. The summed E-state index contributed by atoms with van der Waals surface area (Å²) in [6, 6.07) is 12.6. The number of rotatable bonds is 6. The lowest BCUT2D eigenvalue weighted by Gasteiger charge is -2.17. The van der Waals surface area contributed by atoms with E-state index in [1.54, 1.807) is 49.4 Å². The smallest absolute Gasteiger partial charge is 0.248 e. The number of hydrogen-bond donors (Lipinski definition) is 1. The molecule has 0 heterocycles. The Labute approximate surface area is 147 Å². The summed E-state index contributed by atoms with van der Waals surface area (Å²) in [6.07, 6.45) is 3.21. The molecule has 0 aliphatic rings. The molecule has 130 valence electrons. The highest BCUT2D eigenvalue weighted by atomic mass is 16.5. The molecule has 2 aromatic rings. The van der Waals surface area contributed by atoms with Crippen LogP contribution in [0.15, 0.2) is 48.5 Å². The minimum absolute atomic E-state index is 0.123.